The van der Waals surface area contributed by atoms with Gasteiger partial charge < -0.3 is 9.84 Å². The first kappa shape index (κ1) is 14.5. The number of aliphatic hydroxyl groups is 1. The van der Waals surface area contributed by atoms with E-state index in [1.54, 1.807) is 0 Å². The van der Waals surface area contributed by atoms with Crippen molar-refractivity contribution in [3.63, 3.8) is 0 Å². The highest BCUT2D eigenvalue weighted by molar-refractivity contribution is 5.85. The molecule has 1 aliphatic heterocycles. The van der Waals surface area contributed by atoms with Crippen LogP contribution in [0.1, 0.15) is 19.4 Å². The monoisotopic (exact) mass is 285 g/mol. The first-order valence-corrected chi connectivity index (χ1v) is 7.55. The molecule has 1 fully saturated rings. The molecule has 0 saturated carbocycles. The third-order valence-corrected chi connectivity index (χ3v) is 4.03. The second-order valence-corrected chi connectivity index (χ2v) is 6.49. The Labute approximate surface area is 126 Å². The van der Waals surface area contributed by atoms with E-state index < -0.39 is 0 Å². The van der Waals surface area contributed by atoms with E-state index in [9.17, 15) is 5.11 Å². The fourth-order valence-corrected chi connectivity index (χ4v) is 3.30. The van der Waals surface area contributed by atoms with Gasteiger partial charge in [-0.05, 0) is 30.2 Å². The van der Waals surface area contributed by atoms with Crippen LogP contribution in [0.25, 0.3) is 10.8 Å². The number of rotatable bonds is 3. The lowest BCUT2D eigenvalue weighted by Crippen LogP contribution is -2.53. The number of morpholine rings is 1. The molecule has 3 rings (SSSR count). The lowest BCUT2D eigenvalue weighted by atomic mass is 10.0. The van der Waals surface area contributed by atoms with Crippen LogP contribution in [0.4, 0.5) is 0 Å². The van der Waals surface area contributed by atoms with Crippen molar-refractivity contribution in [1.82, 2.24) is 4.90 Å². The highest BCUT2D eigenvalue weighted by atomic mass is 16.5. The molecule has 1 N–H and O–H groups in total. The number of fused-ring (bicyclic) bond motifs is 1. The zero-order valence-corrected chi connectivity index (χ0v) is 12.7. The summed E-state index contributed by atoms with van der Waals surface area (Å²) < 4.78 is 5.89. The highest BCUT2D eigenvalue weighted by Gasteiger charge is 2.32. The van der Waals surface area contributed by atoms with Crippen LogP contribution in [-0.2, 0) is 11.3 Å². The van der Waals surface area contributed by atoms with Crippen LogP contribution < -0.4 is 0 Å². The normalized spacial score (nSPS) is 22.5. The minimum Gasteiger partial charge on any atom is -0.394 e. The van der Waals surface area contributed by atoms with E-state index in [-0.39, 0.29) is 18.3 Å². The number of hydrogen-bond acceptors (Lipinski definition) is 3. The van der Waals surface area contributed by atoms with Crippen molar-refractivity contribution in [2.75, 3.05) is 19.7 Å². The van der Waals surface area contributed by atoms with Crippen molar-refractivity contribution in [2.45, 2.75) is 32.1 Å². The molecule has 0 bridgehead atoms. The Balaban J connectivity index is 1.84. The maximum absolute atomic E-state index is 9.43. The van der Waals surface area contributed by atoms with Gasteiger partial charge in [-0.15, -0.1) is 0 Å². The van der Waals surface area contributed by atoms with Crippen LogP contribution in [0.15, 0.2) is 42.5 Å². The number of aliphatic hydroxyl groups excluding tert-OH is 1. The molecular weight excluding hydrogens is 262 g/mol. The predicted octanol–water partition coefficient (Wildman–Crippen LogP) is 2.81. The second-order valence-electron chi connectivity index (χ2n) is 6.49. The summed E-state index contributed by atoms with van der Waals surface area (Å²) >= 11 is 0. The standard InChI is InChI=1S/C18H23NO2/c1-18(2)13-19(11-16(12-20)21-18)10-15-8-5-7-14-6-3-4-9-17(14)15/h3-9,16,20H,10-13H2,1-2H3. The molecule has 2 aromatic carbocycles. The van der Waals surface area contributed by atoms with Gasteiger partial charge >= 0.3 is 0 Å². The predicted molar refractivity (Wildman–Crippen MR) is 85.3 cm³/mol. The van der Waals surface area contributed by atoms with E-state index in [4.69, 9.17) is 4.74 Å². The summed E-state index contributed by atoms with van der Waals surface area (Å²) in [6.07, 6.45) is -0.0938. The number of nitrogens with zero attached hydrogens (tertiary/aromatic N) is 1. The maximum Gasteiger partial charge on any atom is 0.0940 e. The van der Waals surface area contributed by atoms with Gasteiger partial charge in [-0.25, -0.2) is 0 Å². The van der Waals surface area contributed by atoms with Crippen molar-refractivity contribution >= 4 is 10.8 Å². The lowest BCUT2D eigenvalue weighted by Gasteiger charge is -2.42. The number of ether oxygens (including phenoxy) is 1. The molecule has 2 aromatic rings. The summed E-state index contributed by atoms with van der Waals surface area (Å²) in [5, 5.41) is 12.0. The van der Waals surface area contributed by atoms with Gasteiger partial charge in [0.1, 0.15) is 0 Å². The summed E-state index contributed by atoms with van der Waals surface area (Å²) in [5.41, 5.74) is 1.12. The van der Waals surface area contributed by atoms with E-state index in [0.717, 1.165) is 19.6 Å². The Morgan fingerprint density at radius 3 is 2.76 bits per heavy atom. The zero-order valence-electron chi connectivity index (χ0n) is 12.7. The quantitative estimate of drug-likeness (QED) is 0.941. The Bertz CT molecular complexity index is 618. The summed E-state index contributed by atoms with van der Waals surface area (Å²) in [6.45, 7) is 6.81. The molecule has 1 saturated heterocycles. The van der Waals surface area contributed by atoms with Gasteiger partial charge in [0.25, 0.3) is 0 Å². The molecule has 3 heteroatoms. The summed E-state index contributed by atoms with van der Waals surface area (Å²) in [4.78, 5) is 2.38. The fraction of sp³-hybridized carbons (Fsp3) is 0.444. The minimum atomic E-state index is -0.212. The van der Waals surface area contributed by atoms with Crippen molar-refractivity contribution in [3.8, 4) is 0 Å². The fourth-order valence-electron chi connectivity index (χ4n) is 3.30. The molecular formula is C18H23NO2. The number of hydrogen-bond donors (Lipinski definition) is 1. The highest BCUT2D eigenvalue weighted by Crippen LogP contribution is 2.25. The van der Waals surface area contributed by atoms with Crippen molar-refractivity contribution < 1.29 is 9.84 Å². The minimum absolute atomic E-state index is 0.0788. The van der Waals surface area contributed by atoms with E-state index >= 15 is 0 Å². The number of benzene rings is 2. The van der Waals surface area contributed by atoms with E-state index in [2.05, 4.69) is 61.2 Å². The molecule has 1 aliphatic rings. The van der Waals surface area contributed by atoms with Gasteiger partial charge in [-0.3, -0.25) is 4.90 Å². The molecule has 1 unspecified atom stereocenters. The lowest BCUT2D eigenvalue weighted by molar-refractivity contribution is -0.150. The van der Waals surface area contributed by atoms with Crippen molar-refractivity contribution in [2.24, 2.45) is 0 Å². The summed E-state index contributed by atoms with van der Waals surface area (Å²) in [5.74, 6) is 0. The first-order valence-electron chi connectivity index (χ1n) is 7.55. The zero-order chi connectivity index (χ0) is 14.9. The van der Waals surface area contributed by atoms with Crippen LogP contribution in [0.2, 0.25) is 0 Å². The summed E-state index contributed by atoms with van der Waals surface area (Å²) in [6, 6.07) is 15.0. The van der Waals surface area contributed by atoms with Crippen molar-refractivity contribution in [3.05, 3.63) is 48.0 Å². The second kappa shape index (κ2) is 5.76. The van der Waals surface area contributed by atoms with Crippen LogP contribution in [0.3, 0.4) is 0 Å². The summed E-state index contributed by atoms with van der Waals surface area (Å²) in [7, 11) is 0. The van der Waals surface area contributed by atoms with Gasteiger partial charge in [-0.2, -0.15) is 0 Å². The SMILES string of the molecule is CC1(C)CN(Cc2cccc3ccccc23)CC(CO)O1. The van der Waals surface area contributed by atoms with Crippen LogP contribution in [-0.4, -0.2) is 41.4 Å². The third kappa shape index (κ3) is 3.26. The van der Waals surface area contributed by atoms with E-state index in [1.165, 1.54) is 16.3 Å². The molecule has 0 radical (unpaired) electrons. The molecule has 0 aliphatic carbocycles. The van der Waals surface area contributed by atoms with Gasteiger partial charge in [0.2, 0.25) is 0 Å². The van der Waals surface area contributed by atoms with Crippen molar-refractivity contribution in [1.29, 1.82) is 0 Å². The van der Waals surface area contributed by atoms with Crippen LogP contribution >= 0.6 is 0 Å². The first-order chi connectivity index (χ1) is 10.1. The Morgan fingerprint density at radius 2 is 1.95 bits per heavy atom. The maximum atomic E-state index is 9.43. The topological polar surface area (TPSA) is 32.7 Å². The molecule has 0 spiro atoms. The van der Waals surface area contributed by atoms with E-state index in [0.29, 0.717) is 0 Å². The largest absolute Gasteiger partial charge is 0.394 e. The molecule has 0 aromatic heterocycles. The molecule has 0 amide bonds. The van der Waals surface area contributed by atoms with E-state index in [1.807, 2.05) is 0 Å². The Hall–Kier alpha value is -1.42. The van der Waals surface area contributed by atoms with Gasteiger partial charge in [0, 0.05) is 19.6 Å². The average Bonchev–Trinajstić information content (AvgIpc) is 2.46. The van der Waals surface area contributed by atoms with Gasteiger partial charge in [0.05, 0.1) is 18.3 Å². The average molecular weight is 285 g/mol. The molecule has 3 nitrogen and oxygen atoms in total. The van der Waals surface area contributed by atoms with Gasteiger partial charge in [0.15, 0.2) is 0 Å². The van der Waals surface area contributed by atoms with Crippen LogP contribution in [0, 0.1) is 0 Å². The molecule has 21 heavy (non-hydrogen) atoms. The Kier molecular flexibility index (Phi) is 3.98. The van der Waals surface area contributed by atoms with Gasteiger partial charge in [-0.1, -0.05) is 42.5 Å². The third-order valence-electron chi connectivity index (χ3n) is 4.03. The smallest absolute Gasteiger partial charge is 0.0940 e. The molecule has 1 atom stereocenters. The molecule has 112 valence electrons. The Morgan fingerprint density at radius 1 is 1.19 bits per heavy atom. The van der Waals surface area contributed by atoms with Crippen LogP contribution in [0.5, 0.6) is 0 Å². The molecule has 1 heterocycles.